The maximum absolute atomic E-state index is 11.6. The number of carboxylic acid groups (broad SMARTS) is 1. The molecule has 2 N–H and O–H groups in total. The van der Waals surface area contributed by atoms with Gasteiger partial charge in [0.1, 0.15) is 6.54 Å². The second-order valence-corrected chi connectivity index (χ2v) is 3.65. The highest BCUT2D eigenvalue weighted by Crippen LogP contribution is 2.08. The van der Waals surface area contributed by atoms with Crippen LogP contribution in [0.4, 0.5) is 0 Å². The van der Waals surface area contributed by atoms with Crippen LogP contribution in [0.3, 0.4) is 0 Å². The number of rotatable bonds is 5. The van der Waals surface area contributed by atoms with Gasteiger partial charge in [0, 0.05) is 12.0 Å². The van der Waals surface area contributed by atoms with Gasteiger partial charge >= 0.3 is 5.97 Å². The molecule has 0 aliphatic carbocycles. The van der Waals surface area contributed by atoms with E-state index in [9.17, 15) is 9.59 Å². The van der Waals surface area contributed by atoms with Crippen LogP contribution in [0.25, 0.3) is 0 Å². The molecule has 0 heterocycles. The summed E-state index contributed by atoms with van der Waals surface area (Å²) in [5.74, 6) is -1.48. The molecule has 0 spiro atoms. The molecule has 1 amide bonds. The Labute approximate surface area is 105 Å². The van der Waals surface area contributed by atoms with Crippen LogP contribution in [-0.2, 0) is 16.0 Å². The number of nitrogens with one attached hydrogen (secondary N) is 1. The molecule has 17 heavy (non-hydrogen) atoms. The lowest BCUT2D eigenvalue weighted by atomic mass is 10.1. The smallest absolute Gasteiger partial charge is 0.322 e. The minimum absolute atomic E-state index is 0.390. The van der Waals surface area contributed by atoms with Crippen LogP contribution < -0.4 is 5.32 Å². The molecule has 0 atom stereocenters. The molecule has 0 radical (unpaired) electrons. The van der Waals surface area contributed by atoms with E-state index in [0.717, 1.165) is 5.56 Å². The maximum atomic E-state index is 11.6. The third kappa shape index (κ3) is 4.74. The summed E-state index contributed by atoms with van der Waals surface area (Å²) in [6.45, 7) is -0.390. The second kappa shape index (κ2) is 6.75. The number of carbonyl (C=O) groups is 2. The number of amides is 1. The minimum Gasteiger partial charge on any atom is -0.480 e. The van der Waals surface area contributed by atoms with E-state index >= 15 is 0 Å². The monoisotopic (exact) mass is 251 g/mol. The standard InChI is InChI=1S/C12H13NO3S/c14-11(15)7-13-12(16)10(8-17)6-9-4-2-1-3-5-9/h1-5,8,17H,6-7H2,(H,13,16)(H,14,15). The van der Waals surface area contributed by atoms with Crippen LogP contribution in [0.5, 0.6) is 0 Å². The topological polar surface area (TPSA) is 66.4 Å². The molecule has 0 saturated heterocycles. The van der Waals surface area contributed by atoms with E-state index in [4.69, 9.17) is 5.11 Å². The van der Waals surface area contributed by atoms with Gasteiger partial charge in [-0.2, -0.15) is 12.6 Å². The van der Waals surface area contributed by atoms with E-state index in [0.29, 0.717) is 12.0 Å². The molecule has 0 fully saturated rings. The van der Waals surface area contributed by atoms with Gasteiger partial charge in [0.15, 0.2) is 0 Å². The SMILES string of the molecule is O=C(O)CNC(=O)C(=CS)Cc1ccccc1. The fourth-order valence-electron chi connectivity index (χ4n) is 1.27. The van der Waals surface area contributed by atoms with Gasteiger partial charge in [0.05, 0.1) is 0 Å². The number of benzene rings is 1. The van der Waals surface area contributed by atoms with Crippen LogP contribution in [0.2, 0.25) is 0 Å². The fraction of sp³-hybridized carbons (Fsp3) is 0.167. The predicted octanol–water partition coefficient (Wildman–Crippen LogP) is 1.24. The zero-order valence-corrected chi connectivity index (χ0v) is 9.98. The van der Waals surface area contributed by atoms with Crippen molar-refractivity contribution in [1.29, 1.82) is 0 Å². The van der Waals surface area contributed by atoms with Crippen LogP contribution in [0.15, 0.2) is 41.3 Å². The summed E-state index contributed by atoms with van der Waals surface area (Å²) in [4.78, 5) is 21.9. The van der Waals surface area contributed by atoms with Crippen molar-refractivity contribution in [3.63, 3.8) is 0 Å². The zero-order valence-electron chi connectivity index (χ0n) is 9.09. The first-order chi connectivity index (χ1) is 8.13. The largest absolute Gasteiger partial charge is 0.480 e. The Morgan fingerprint density at radius 2 is 1.94 bits per heavy atom. The fourth-order valence-corrected chi connectivity index (χ4v) is 1.48. The van der Waals surface area contributed by atoms with Crippen molar-refractivity contribution in [2.24, 2.45) is 0 Å². The lowest BCUT2D eigenvalue weighted by Crippen LogP contribution is -2.30. The van der Waals surface area contributed by atoms with Gasteiger partial charge in [0.25, 0.3) is 0 Å². The lowest BCUT2D eigenvalue weighted by molar-refractivity contribution is -0.137. The van der Waals surface area contributed by atoms with Gasteiger partial charge in [0.2, 0.25) is 5.91 Å². The number of hydrogen-bond donors (Lipinski definition) is 3. The highest BCUT2D eigenvalue weighted by Gasteiger charge is 2.10. The first kappa shape index (κ1) is 13.3. The molecule has 90 valence electrons. The van der Waals surface area contributed by atoms with Gasteiger partial charge in [-0.25, -0.2) is 0 Å². The summed E-state index contributed by atoms with van der Waals surface area (Å²) in [5, 5.41) is 12.1. The van der Waals surface area contributed by atoms with Gasteiger partial charge in [-0.3, -0.25) is 9.59 Å². The predicted molar refractivity (Wildman–Crippen MR) is 67.9 cm³/mol. The number of aliphatic carboxylic acids is 1. The molecule has 0 aliphatic rings. The quantitative estimate of drug-likeness (QED) is 0.545. The van der Waals surface area contributed by atoms with Gasteiger partial charge in [-0.1, -0.05) is 30.3 Å². The first-order valence-corrected chi connectivity index (χ1v) is 5.52. The number of hydrogen-bond acceptors (Lipinski definition) is 3. The van der Waals surface area contributed by atoms with Gasteiger partial charge in [-0.15, -0.1) is 0 Å². The Kier molecular flexibility index (Phi) is 5.29. The minimum atomic E-state index is -1.07. The maximum Gasteiger partial charge on any atom is 0.322 e. The summed E-state index contributed by atoms with van der Waals surface area (Å²) in [5.41, 5.74) is 1.40. The summed E-state index contributed by atoms with van der Waals surface area (Å²) in [6, 6.07) is 9.42. The molecule has 0 saturated carbocycles. The van der Waals surface area contributed by atoms with Crippen LogP contribution in [0.1, 0.15) is 5.56 Å². The average Bonchev–Trinajstić information content (AvgIpc) is 2.34. The molecular formula is C12H13NO3S. The van der Waals surface area contributed by atoms with E-state index in [1.807, 2.05) is 30.3 Å². The van der Waals surface area contributed by atoms with Crippen molar-refractivity contribution >= 4 is 24.5 Å². The van der Waals surface area contributed by atoms with Crippen LogP contribution in [0, 0.1) is 0 Å². The van der Waals surface area contributed by atoms with Crippen molar-refractivity contribution in [3.8, 4) is 0 Å². The van der Waals surface area contributed by atoms with Crippen molar-refractivity contribution in [3.05, 3.63) is 46.9 Å². The molecule has 1 aromatic carbocycles. The summed E-state index contributed by atoms with van der Waals surface area (Å²) in [6.07, 6.45) is 0.426. The lowest BCUT2D eigenvalue weighted by Gasteiger charge is -2.06. The number of carbonyl (C=O) groups excluding carboxylic acids is 1. The highest BCUT2D eigenvalue weighted by atomic mass is 32.1. The molecule has 5 heteroatoms. The van der Waals surface area contributed by atoms with E-state index in [1.54, 1.807) is 0 Å². The van der Waals surface area contributed by atoms with Crippen molar-refractivity contribution in [2.75, 3.05) is 6.54 Å². The molecule has 0 bridgehead atoms. The van der Waals surface area contributed by atoms with E-state index in [1.165, 1.54) is 5.41 Å². The first-order valence-electron chi connectivity index (χ1n) is 5.00. The number of thiol groups is 1. The molecule has 0 aliphatic heterocycles. The Morgan fingerprint density at radius 1 is 1.29 bits per heavy atom. The van der Waals surface area contributed by atoms with Crippen molar-refractivity contribution in [2.45, 2.75) is 6.42 Å². The average molecular weight is 251 g/mol. The highest BCUT2D eigenvalue weighted by molar-refractivity contribution is 7.83. The van der Waals surface area contributed by atoms with Crippen molar-refractivity contribution in [1.82, 2.24) is 5.32 Å². The van der Waals surface area contributed by atoms with Crippen molar-refractivity contribution < 1.29 is 14.7 Å². The third-order valence-corrected chi connectivity index (χ3v) is 2.40. The van der Waals surface area contributed by atoms with Crippen LogP contribution in [-0.4, -0.2) is 23.5 Å². The zero-order chi connectivity index (χ0) is 12.7. The van der Waals surface area contributed by atoms with E-state index < -0.39 is 18.4 Å². The molecule has 0 unspecified atom stereocenters. The molecule has 4 nitrogen and oxygen atoms in total. The summed E-state index contributed by atoms with van der Waals surface area (Å²) < 4.78 is 0. The Bertz CT molecular complexity index is 429. The van der Waals surface area contributed by atoms with Gasteiger partial charge < -0.3 is 10.4 Å². The van der Waals surface area contributed by atoms with Gasteiger partial charge in [-0.05, 0) is 11.0 Å². The number of carboxylic acids is 1. The molecular weight excluding hydrogens is 238 g/mol. The summed E-state index contributed by atoms with van der Waals surface area (Å²) in [7, 11) is 0. The Morgan fingerprint density at radius 3 is 2.47 bits per heavy atom. The summed E-state index contributed by atoms with van der Waals surface area (Å²) >= 11 is 3.96. The Hall–Kier alpha value is -1.75. The third-order valence-electron chi connectivity index (χ3n) is 2.09. The normalized spacial score (nSPS) is 11.0. The molecule has 1 aromatic rings. The molecule has 1 rings (SSSR count). The second-order valence-electron chi connectivity index (χ2n) is 3.39. The molecule has 0 aromatic heterocycles. The Balaban J connectivity index is 2.61. The van der Waals surface area contributed by atoms with E-state index in [2.05, 4.69) is 17.9 Å². The van der Waals surface area contributed by atoms with Crippen LogP contribution >= 0.6 is 12.6 Å². The van der Waals surface area contributed by atoms with E-state index in [-0.39, 0.29) is 0 Å².